The summed E-state index contributed by atoms with van der Waals surface area (Å²) < 4.78 is 0. The summed E-state index contributed by atoms with van der Waals surface area (Å²) in [4.78, 5) is 0. The average Bonchev–Trinajstić information content (AvgIpc) is 2.23. The van der Waals surface area contributed by atoms with Crippen molar-refractivity contribution < 1.29 is 0 Å². The Hall–Kier alpha value is -0.780. The molecule has 0 aliphatic carbocycles. The maximum atomic E-state index is 2.25. The van der Waals surface area contributed by atoms with Crippen molar-refractivity contribution in [2.45, 2.75) is 61.3 Å². The maximum Gasteiger partial charge on any atom is -0.0216 e. The second-order valence-corrected chi connectivity index (χ2v) is 3.51. The number of hydrogen-bond acceptors (Lipinski definition) is 0. The van der Waals surface area contributed by atoms with Crippen LogP contribution in [-0.4, -0.2) is 0 Å². The lowest BCUT2D eigenvalue weighted by atomic mass is 9.97. The normalized spacial score (nSPS) is 8.60. The van der Waals surface area contributed by atoms with Crippen molar-refractivity contribution in [2.75, 3.05) is 0 Å². The summed E-state index contributed by atoms with van der Waals surface area (Å²) in [5.41, 5.74) is 4.24. The number of hydrogen-bond donors (Lipinski definition) is 0. The zero-order valence-corrected chi connectivity index (χ0v) is 11.8. The molecular weight excluding hydrogens is 180 g/mol. The summed E-state index contributed by atoms with van der Waals surface area (Å²) in [7, 11) is 0. The van der Waals surface area contributed by atoms with Gasteiger partial charge in [-0.25, -0.2) is 0 Å². The Kier molecular flexibility index (Phi) is 10.8. The van der Waals surface area contributed by atoms with Crippen molar-refractivity contribution >= 4 is 0 Å². The van der Waals surface area contributed by atoms with Gasteiger partial charge in [-0.2, -0.15) is 0 Å². The molecule has 88 valence electrons. The first-order chi connectivity index (χ1) is 7.11. The van der Waals surface area contributed by atoms with Crippen LogP contribution in [0.5, 0.6) is 0 Å². The van der Waals surface area contributed by atoms with E-state index in [1.54, 1.807) is 0 Å². The highest BCUT2D eigenvalue weighted by atomic mass is 14.1. The van der Waals surface area contributed by atoms with Gasteiger partial charge in [0.25, 0.3) is 0 Å². The van der Waals surface area contributed by atoms with Gasteiger partial charge in [-0.15, -0.1) is 0 Å². The average molecular weight is 208 g/mol. The molecule has 15 heavy (non-hydrogen) atoms. The molecule has 0 bridgehead atoms. The van der Waals surface area contributed by atoms with Gasteiger partial charge >= 0.3 is 0 Å². The van der Waals surface area contributed by atoms with E-state index in [-0.39, 0.29) is 0 Å². The van der Waals surface area contributed by atoms with Crippen molar-refractivity contribution in [3.8, 4) is 0 Å². The molecular formula is C15H28. The molecule has 1 aromatic rings. The molecule has 0 atom stereocenters. The first kappa shape index (κ1) is 16.6. The fraction of sp³-hybridized carbons (Fsp3) is 0.600. The van der Waals surface area contributed by atoms with Crippen molar-refractivity contribution in [3.63, 3.8) is 0 Å². The zero-order chi connectivity index (χ0) is 12.4. The van der Waals surface area contributed by atoms with Gasteiger partial charge in [-0.3, -0.25) is 0 Å². The lowest BCUT2D eigenvalue weighted by Crippen LogP contribution is -1.91. The van der Waals surface area contributed by atoms with Gasteiger partial charge < -0.3 is 0 Å². The quantitative estimate of drug-likeness (QED) is 0.573. The predicted molar refractivity (Wildman–Crippen MR) is 72.7 cm³/mol. The molecule has 0 saturated carbocycles. The van der Waals surface area contributed by atoms with Crippen molar-refractivity contribution in [3.05, 3.63) is 34.9 Å². The van der Waals surface area contributed by atoms with Gasteiger partial charge in [0.1, 0.15) is 0 Å². The SMILES string of the molecule is CC.CC.Cc1ccc(C(C)C)c(C)c1. The molecule has 1 aromatic carbocycles. The van der Waals surface area contributed by atoms with Crippen LogP contribution in [-0.2, 0) is 0 Å². The van der Waals surface area contributed by atoms with E-state index in [1.165, 1.54) is 16.7 Å². The summed E-state index contributed by atoms with van der Waals surface area (Å²) in [5.74, 6) is 0.649. The molecule has 0 aliphatic rings. The molecule has 0 nitrogen and oxygen atoms in total. The van der Waals surface area contributed by atoms with E-state index in [1.807, 2.05) is 27.7 Å². The van der Waals surface area contributed by atoms with Gasteiger partial charge in [0.15, 0.2) is 0 Å². The summed E-state index contributed by atoms with van der Waals surface area (Å²) in [5, 5.41) is 0. The van der Waals surface area contributed by atoms with Crippen molar-refractivity contribution in [1.29, 1.82) is 0 Å². The van der Waals surface area contributed by atoms with Crippen LogP contribution in [0.1, 0.15) is 64.2 Å². The highest BCUT2D eigenvalue weighted by Crippen LogP contribution is 2.19. The van der Waals surface area contributed by atoms with Crippen LogP contribution < -0.4 is 0 Å². The monoisotopic (exact) mass is 208 g/mol. The standard InChI is InChI=1S/C11H16.2C2H6/c1-8(2)11-6-5-9(3)7-10(11)4;2*1-2/h5-8H,1-4H3;2*1-2H3. The Morgan fingerprint density at radius 2 is 1.33 bits per heavy atom. The van der Waals surface area contributed by atoms with E-state index in [0.717, 1.165) is 0 Å². The molecule has 0 heterocycles. The largest absolute Gasteiger partial charge is 0.0683 e. The van der Waals surface area contributed by atoms with Gasteiger partial charge in [0.2, 0.25) is 0 Å². The molecule has 0 heteroatoms. The molecule has 0 radical (unpaired) electrons. The van der Waals surface area contributed by atoms with E-state index in [9.17, 15) is 0 Å². The smallest absolute Gasteiger partial charge is 0.0216 e. The molecule has 0 N–H and O–H groups in total. The minimum Gasteiger partial charge on any atom is -0.0683 e. The lowest BCUT2D eigenvalue weighted by molar-refractivity contribution is 0.855. The fourth-order valence-corrected chi connectivity index (χ4v) is 1.47. The summed E-state index contributed by atoms with van der Waals surface area (Å²) in [6.45, 7) is 16.8. The second-order valence-electron chi connectivity index (χ2n) is 3.51. The summed E-state index contributed by atoms with van der Waals surface area (Å²) in [6.07, 6.45) is 0. The van der Waals surface area contributed by atoms with E-state index in [2.05, 4.69) is 45.9 Å². The summed E-state index contributed by atoms with van der Waals surface area (Å²) in [6, 6.07) is 6.66. The van der Waals surface area contributed by atoms with Gasteiger partial charge in [0.05, 0.1) is 0 Å². The maximum absolute atomic E-state index is 2.25. The Balaban J connectivity index is 0. The van der Waals surface area contributed by atoms with E-state index in [4.69, 9.17) is 0 Å². The topological polar surface area (TPSA) is 0 Å². The number of benzene rings is 1. The molecule has 0 amide bonds. The Morgan fingerprint density at radius 1 is 0.867 bits per heavy atom. The minimum atomic E-state index is 0.649. The third kappa shape index (κ3) is 6.33. The third-order valence-electron chi connectivity index (χ3n) is 2.05. The first-order valence-electron chi connectivity index (χ1n) is 6.18. The molecule has 0 unspecified atom stereocenters. The van der Waals surface area contributed by atoms with Crippen LogP contribution in [0, 0.1) is 13.8 Å². The molecule has 0 aromatic heterocycles. The molecule has 0 aliphatic heterocycles. The van der Waals surface area contributed by atoms with E-state index in [0.29, 0.717) is 5.92 Å². The molecule has 1 rings (SSSR count). The summed E-state index contributed by atoms with van der Waals surface area (Å²) >= 11 is 0. The number of aryl methyl sites for hydroxylation is 2. The van der Waals surface area contributed by atoms with Crippen molar-refractivity contribution in [1.82, 2.24) is 0 Å². The van der Waals surface area contributed by atoms with Crippen LogP contribution in [0.15, 0.2) is 18.2 Å². The lowest BCUT2D eigenvalue weighted by Gasteiger charge is -2.09. The van der Waals surface area contributed by atoms with Crippen molar-refractivity contribution in [2.24, 2.45) is 0 Å². The molecule has 0 spiro atoms. The fourth-order valence-electron chi connectivity index (χ4n) is 1.47. The van der Waals surface area contributed by atoms with Gasteiger partial charge in [0, 0.05) is 0 Å². The minimum absolute atomic E-state index is 0.649. The zero-order valence-electron chi connectivity index (χ0n) is 11.8. The Morgan fingerprint density at radius 3 is 1.67 bits per heavy atom. The highest BCUT2D eigenvalue weighted by molar-refractivity contribution is 5.32. The van der Waals surface area contributed by atoms with Crippen LogP contribution in [0.3, 0.4) is 0 Å². The highest BCUT2D eigenvalue weighted by Gasteiger charge is 2.01. The predicted octanol–water partition coefficient (Wildman–Crippen LogP) is 5.48. The second kappa shape index (κ2) is 9.76. The molecule has 0 fully saturated rings. The van der Waals surface area contributed by atoms with E-state index < -0.39 is 0 Å². The van der Waals surface area contributed by atoms with Gasteiger partial charge in [-0.05, 0) is 30.9 Å². The van der Waals surface area contributed by atoms with Crippen LogP contribution in [0.25, 0.3) is 0 Å². The van der Waals surface area contributed by atoms with Crippen LogP contribution >= 0.6 is 0 Å². The third-order valence-corrected chi connectivity index (χ3v) is 2.05. The first-order valence-corrected chi connectivity index (χ1v) is 6.18. The van der Waals surface area contributed by atoms with Gasteiger partial charge in [-0.1, -0.05) is 65.3 Å². The molecule has 0 saturated heterocycles. The number of rotatable bonds is 1. The van der Waals surface area contributed by atoms with E-state index >= 15 is 0 Å². The van der Waals surface area contributed by atoms with Crippen LogP contribution in [0.2, 0.25) is 0 Å². The van der Waals surface area contributed by atoms with Crippen LogP contribution in [0.4, 0.5) is 0 Å². The Bertz CT molecular complexity index is 246. The Labute approximate surface area is 96.7 Å².